The highest BCUT2D eigenvalue weighted by Gasteiger charge is 2.19. The number of hydrogen-bond donors (Lipinski definition) is 1. The van der Waals surface area contributed by atoms with E-state index in [1.807, 2.05) is 0 Å². The van der Waals surface area contributed by atoms with Gasteiger partial charge in [-0.15, -0.1) is 5.10 Å². The van der Waals surface area contributed by atoms with Crippen LogP contribution in [0.3, 0.4) is 0 Å². The third-order valence-corrected chi connectivity index (χ3v) is 6.31. The van der Waals surface area contributed by atoms with Crippen LogP contribution in [0.1, 0.15) is 41.4 Å². The zero-order chi connectivity index (χ0) is 20.5. The lowest BCUT2D eigenvalue weighted by Gasteiger charge is -2.08. The highest BCUT2D eigenvalue weighted by Crippen LogP contribution is 2.18. The average molecular weight is 403 g/mol. The van der Waals surface area contributed by atoms with Crippen LogP contribution in [0, 0.1) is 6.92 Å². The largest absolute Gasteiger partial charge is 0.407 e. The molecule has 9 nitrogen and oxygen atoms in total. The molecule has 0 aliphatic carbocycles. The molecule has 0 atom stereocenters. The van der Waals surface area contributed by atoms with Crippen molar-refractivity contribution in [2.24, 2.45) is 7.05 Å². The van der Waals surface area contributed by atoms with Crippen LogP contribution >= 0.6 is 0 Å². The van der Waals surface area contributed by atoms with E-state index in [0.29, 0.717) is 12.3 Å². The van der Waals surface area contributed by atoms with E-state index in [2.05, 4.69) is 20.6 Å². The second-order valence-electron chi connectivity index (χ2n) is 6.70. The number of hydrogen-bond acceptors (Lipinski definition) is 7. The van der Waals surface area contributed by atoms with Gasteiger partial charge in [0.2, 0.25) is 5.89 Å². The van der Waals surface area contributed by atoms with E-state index in [0.717, 1.165) is 11.1 Å². The predicted octanol–water partition coefficient (Wildman–Crippen LogP) is 2.14. The Morgan fingerprint density at radius 1 is 1.21 bits per heavy atom. The molecular formula is C18H21N5O4S. The van der Waals surface area contributed by atoms with Crippen molar-refractivity contribution in [2.45, 2.75) is 37.3 Å². The van der Waals surface area contributed by atoms with Crippen molar-refractivity contribution in [1.29, 1.82) is 0 Å². The zero-order valence-electron chi connectivity index (χ0n) is 16.0. The quantitative estimate of drug-likeness (QED) is 0.669. The number of carbonyl (C=O) groups excluding carboxylic acids is 1. The van der Waals surface area contributed by atoms with Gasteiger partial charge >= 0.3 is 6.01 Å². The van der Waals surface area contributed by atoms with Crippen LogP contribution in [0.5, 0.6) is 0 Å². The Morgan fingerprint density at radius 2 is 1.89 bits per heavy atom. The van der Waals surface area contributed by atoms with Gasteiger partial charge in [-0.3, -0.25) is 14.8 Å². The smallest absolute Gasteiger partial charge is 0.322 e. The molecule has 3 aromatic rings. The maximum absolute atomic E-state index is 12.2. The molecule has 2 aromatic heterocycles. The second-order valence-corrected chi connectivity index (χ2v) is 9.21. The first-order valence-electron chi connectivity index (χ1n) is 8.63. The minimum atomic E-state index is -3.31. The first-order valence-corrected chi connectivity index (χ1v) is 10.2. The van der Waals surface area contributed by atoms with E-state index in [9.17, 15) is 13.2 Å². The lowest BCUT2D eigenvalue weighted by Crippen LogP contribution is -2.14. The van der Waals surface area contributed by atoms with E-state index < -0.39 is 21.0 Å². The summed E-state index contributed by atoms with van der Waals surface area (Å²) in [5.74, 6) is -0.135. The van der Waals surface area contributed by atoms with Crippen molar-refractivity contribution in [1.82, 2.24) is 20.0 Å². The molecule has 0 aliphatic rings. The molecule has 148 valence electrons. The zero-order valence-corrected chi connectivity index (χ0v) is 16.8. The molecule has 28 heavy (non-hydrogen) atoms. The van der Waals surface area contributed by atoms with Crippen molar-refractivity contribution in [3.63, 3.8) is 0 Å². The molecule has 0 fully saturated rings. The molecule has 1 amide bonds. The van der Waals surface area contributed by atoms with Crippen molar-refractivity contribution in [3.05, 3.63) is 53.2 Å². The number of aryl methyl sites for hydroxylation is 2. The number of sulfone groups is 1. The topological polar surface area (TPSA) is 120 Å². The Hall–Kier alpha value is -3.01. The van der Waals surface area contributed by atoms with E-state index in [4.69, 9.17) is 4.42 Å². The van der Waals surface area contributed by atoms with Crippen molar-refractivity contribution in [2.75, 3.05) is 5.32 Å². The molecule has 0 aliphatic heterocycles. The monoisotopic (exact) mass is 403 g/mol. The van der Waals surface area contributed by atoms with E-state index in [1.54, 1.807) is 63.0 Å². The molecule has 0 unspecified atom stereocenters. The van der Waals surface area contributed by atoms with Gasteiger partial charge < -0.3 is 4.42 Å². The van der Waals surface area contributed by atoms with Gasteiger partial charge in [0, 0.05) is 18.8 Å². The summed E-state index contributed by atoms with van der Waals surface area (Å²) in [4.78, 5) is 12.5. The standard InChI is InChI=1S/C18H21N5O4S/c1-11(2)28(25,26)14-7-5-13(6-8-14)9-15-20-21-18(27-15)19-17(24)16-12(3)10-23(4)22-16/h5-8,10-11H,9H2,1-4H3,(H,19,21,24). The summed E-state index contributed by atoms with van der Waals surface area (Å²) in [5.41, 5.74) is 1.82. The van der Waals surface area contributed by atoms with Gasteiger partial charge in [-0.1, -0.05) is 17.2 Å². The second kappa shape index (κ2) is 7.55. The highest BCUT2D eigenvalue weighted by molar-refractivity contribution is 7.92. The summed E-state index contributed by atoms with van der Waals surface area (Å²) in [6, 6.07) is 6.51. The van der Waals surface area contributed by atoms with Gasteiger partial charge in [-0.25, -0.2) is 8.42 Å². The number of benzene rings is 1. The van der Waals surface area contributed by atoms with Gasteiger partial charge in [0.25, 0.3) is 5.91 Å². The third kappa shape index (κ3) is 4.11. The van der Waals surface area contributed by atoms with Crippen LogP contribution in [0.15, 0.2) is 39.8 Å². The van der Waals surface area contributed by atoms with Crippen LogP contribution in [0.2, 0.25) is 0 Å². The van der Waals surface area contributed by atoms with Crippen LogP contribution < -0.4 is 5.32 Å². The Labute approximate surface area is 162 Å². The number of aromatic nitrogens is 4. The van der Waals surface area contributed by atoms with Gasteiger partial charge in [-0.05, 0) is 38.5 Å². The van der Waals surface area contributed by atoms with Crippen molar-refractivity contribution < 1.29 is 17.6 Å². The highest BCUT2D eigenvalue weighted by atomic mass is 32.2. The van der Waals surface area contributed by atoms with Crippen LogP contribution in [0.25, 0.3) is 0 Å². The first-order chi connectivity index (χ1) is 13.2. The predicted molar refractivity (Wildman–Crippen MR) is 102 cm³/mol. The molecule has 0 saturated carbocycles. The molecule has 2 heterocycles. The summed E-state index contributed by atoms with van der Waals surface area (Å²) in [7, 11) is -1.58. The van der Waals surface area contributed by atoms with E-state index in [1.165, 1.54) is 0 Å². The number of nitrogens with zero attached hydrogens (tertiary/aromatic N) is 4. The Bertz CT molecular complexity index is 1100. The molecule has 10 heteroatoms. The lowest BCUT2D eigenvalue weighted by atomic mass is 10.1. The van der Waals surface area contributed by atoms with E-state index in [-0.39, 0.29) is 16.6 Å². The fourth-order valence-electron chi connectivity index (χ4n) is 2.61. The minimum absolute atomic E-state index is 0.0240. The fourth-order valence-corrected chi connectivity index (χ4v) is 3.67. The number of amides is 1. The van der Waals surface area contributed by atoms with Crippen LogP contribution in [0.4, 0.5) is 6.01 Å². The van der Waals surface area contributed by atoms with Gasteiger partial charge in [-0.2, -0.15) is 5.10 Å². The van der Waals surface area contributed by atoms with Crippen molar-refractivity contribution in [3.8, 4) is 0 Å². The third-order valence-electron chi connectivity index (χ3n) is 4.14. The Morgan fingerprint density at radius 3 is 2.46 bits per heavy atom. The summed E-state index contributed by atoms with van der Waals surface area (Å²) in [6.07, 6.45) is 2.05. The summed E-state index contributed by atoms with van der Waals surface area (Å²) in [5, 5.41) is 13.9. The molecule has 0 bridgehead atoms. The molecule has 1 aromatic carbocycles. The number of carbonyl (C=O) groups is 1. The van der Waals surface area contributed by atoms with Gasteiger partial charge in [0.15, 0.2) is 15.5 Å². The van der Waals surface area contributed by atoms with Gasteiger partial charge in [0.05, 0.1) is 16.6 Å². The number of anilines is 1. The summed E-state index contributed by atoms with van der Waals surface area (Å²) < 4.78 is 31.3. The van der Waals surface area contributed by atoms with Crippen LogP contribution in [-0.4, -0.2) is 39.6 Å². The molecular weight excluding hydrogens is 382 g/mol. The Kier molecular flexibility index (Phi) is 5.32. The first kappa shape index (κ1) is 19.7. The molecule has 0 spiro atoms. The molecule has 0 saturated heterocycles. The normalized spacial score (nSPS) is 11.8. The molecule has 3 rings (SSSR count). The number of nitrogens with one attached hydrogen (secondary N) is 1. The average Bonchev–Trinajstić information content (AvgIpc) is 3.20. The summed E-state index contributed by atoms with van der Waals surface area (Å²) in [6.45, 7) is 5.07. The Balaban J connectivity index is 1.68. The molecule has 1 N–H and O–H groups in total. The van der Waals surface area contributed by atoms with Gasteiger partial charge in [0.1, 0.15) is 0 Å². The van der Waals surface area contributed by atoms with Crippen molar-refractivity contribution >= 4 is 21.8 Å². The number of rotatable bonds is 6. The maximum Gasteiger partial charge on any atom is 0.322 e. The van der Waals surface area contributed by atoms with Crippen LogP contribution in [-0.2, 0) is 23.3 Å². The van der Waals surface area contributed by atoms with E-state index >= 15 is 0 Å². The minimum Gasteiger partial charge on any atom is -0.407 e. The summed E-state index contributed by atoms with van der Waals surface area (Å²) >= 11 is 0. The maximum atomic E-state index is 12.2. The SMILES string of the molecule is Cc1cn(C)nc1C(=O)Nc1nnc(Cc2ccc(S(=O)(=O)C(C)C)cc2)o1. The lowest BCUT2D eigenvalue weighted by molar-refractivity contribution is 0.101. The molecule has 0 radical (unpaired) electrons. The fraction of sp³-hybridized carbons (Fsp3) is 0.333.